The highest BCUT2D eigenvalue weighted by atomic mass is 35.5. The minimum Gasteiger partial charge on any atom is -0.235 e. The third kappa shape index (κ3) is 3.68. The number of halogens is 2. The van der Waals surface area contributed by atoms with Crippen molar-refractivity contribution < 1.29 is 0 Å². The van der Waals surface area contributed by atoms with Crippen LogP contribution in [0.5, 0.6) is 0 Å². The van der Waals surface area contributed by atoms with Crippen molar-refractivity contribution in [2.75, 3.05) is 0 Å². The van der Waals surface area contributed by atoms with Crippen LogP contribution in [-0.4, -0.2) is 4.98 Å². The van der Waals surface area contributed by atoms with Gasteiger partial charge in [-0.3, -0.25) is 0 Å². The van der Waals surface area contributed by atoms with Crippen LogP contribution in [0.1, 0.15) is 15.4 Å². The van der Waals surface area contributed by atoms with Crippen molar-refractivity contribution in [3.8, 4) is 17.3 Å². The average Bonchev–Trinajstić information content (AvgIpc) is 2.96. The molecule has 5 heteroatoms. The van der Waals surface area contributed by atoms with Crippen LogP contribution in [0, 0.1) is 18.3 Å². The molecule has 2 aromatic carbocycles. The Hall–Kier alpha value is -2.12. The zero-order valence-electron chi connectivity index (χ0n) is 12.8. The highest BCUT2D eigenvalue weighted by molar-refractivity contribution is 7.13. The monoisotopic (exact) mass is 370 g/mol. The van der Waals surface area contributed by atoms with Gasteiger partial charge in [0.2, 0.25) is 0 Å². The van der Waals surface area contributed by atoms with Crippen molar-refractivity contribution in [3.63, 3.8) is 0 Å². The van der Waals surface area contributed by atoms with Crippen LogP contribution in [0.2, 0.25) is 10.0 Å². The molecule has 0 spiro atoms. The van der Waals surface area contributed by atoms with Crippen LogP contribution in [0.3, 0.4) is 0 Å². The molecule has 24 heavy (non-hydrogen) atoms. The Morgan fingerprint density at radius 2 is 1.62 bits per heavy atom. The van der Waals surface area contributed by atoms with Gasteiger partial charge in [-0.15, -0.1) is 11.3 Å². The van der Waals surface area contributed by atoms with E-state index in [0.29, 0.717) is 20.6 Å². The Morgan fingerprint density at radius 3 is 2.21 bits per heavy atom. The van der Waals surface area contributed by atoms with Gasteiger partial charge in [-0.2, -0.15) is 5.26 Å². The van der Waals surface area contributed by atoms with Crippen LogP contribution in [0.25, 0.3) is 22.9 Å². The molecule has 0 amide bonds. The third-order valence-electron chi connectivity index (χ3n) is 3.45. The number of rotatable bonds is 3. The number of benzene rings is 2. The lowest BCUT2D eigenvalue weighted by Gasteiger charge is -1.98. The summed E-state index contributed by atoms with van der Waals surface area (Å²) in [6.45, 7) is 2.00. The maximum Gasteiger partial charge on any atom is 0.134 e. The summed E-state index contributed by atoms with van der Waals surface area (Å²) in [5.41, 5.74) is 3.31. The fraction of sp³-hybridized carbons (Fsp3) is 0.0526. The number of hydrogen-bond donors (Lipinski definition) is 0. The Balaban J connectivity index is 1.99. The van der Waals surface area contributed by atoms with Crippen molar-refractivity contribution in [2.24, 2.45) is 0 Å². The first-order valence-corrected chi connectivity index (χ1v) is 8.75. The fourth-order valence-electron chi connectivity index (χ4n) is 2.25. The van der Waals surface area contributed by atoms with E-state index in [1.165, 1.54) is 11.3 Å². The highest BCUT2D eigenvalue weighted by Gasteiger charge is 2.13. The SMILES string of the molecule is Cc1sc(/C(C#N)=C\c2ccc(Cl)cc2)nc1-c1ccc(Cl)cc1. The maximum absolute atomic E-state index is 9.51. The lowest BCUT2D eigenvalue weighted by Crippen LogP contribution is -1.83. The van der Waals surface area contributed by atoms with E-state index in [1.54, 1.807) is 12.1 Å². The summed E-state index contributed by atoms with van der Waals surface area (Å²) < 4.78 is 0. The highest BCUT2D eigenvalue weighted by Crippen LogP contribution is 2.32. The normalized spacial score (nSPS) is 11.3. The molecular formula is C19H12Cl2N2S. The molecule has 0 N–H and O–H groups in total. The summed E-state index contributed by atoms with van der Waals surface area (Å²) in [6, 6.07) is 17.1. The lowest BCUT2D eigenvalue weighted by molar-refractivity contribution is 1.34. The van der Waals surface area contributed by atoms with Crippen LogP contribution in [0.4, 0.5) is 0 Å². The number of nitriles is 1. The summed E-state index contributed by atoms with van der Waals surface area (Å²) >= 11 is 13.3. The first-order valence-electron chi connectivity index (χ1n) is 7.18. The Bertz CT molecular complexity index is 933. The number of allylic oxidation sites excluding steroid dienone is 1. The van der Waals surface area contributed by atoms with Gasteiger partial charge in [-0.1, -0.05) is 47.5 Å². The minimum absolute atomic E-state index is 0.533. The predicted octanol–water partition coefficient (Wildman–Crippen LogP) is 6.49. The van der Waals surface area contributed by atoms with Crippen molar-refractivity contribution in [1.82, 2.24) is 4.98 Å². The summed E-state index contributed by atoms with van der Waals surface area (Å²) in [7, 11) is 0. The van der Waals surface area contributed by atoms with E-state index >= 15 is 0 Å². The van der Waals surface area contributed by atoms with Gasteiger partial charge in [0, 0.05) is 20.5 Å². The molecule has 1 heterocycles. The van der Waals surface area contributed by atoms with E-state index in [1.807, 2.05) is 49.4 Å². The molecule has 0 aliphatic carbocycles. The first kappa shape index (κ1) is 16.7. The lowest BCUT2D eigenvalue weighted by atomic mass is 10.1. The molecule has 118 valence electrons. The quantitative estimate of drug-likeness (QED) is 0.494. The Labute approximate surface area is 154 Å². The minimum atomic E-state index is 0.533. The summed E-state index contributed by atoms with van der Waals surface area (Å²) in [4.78, 5) is 5.71. The molecule has 1 aromatic heterocycles. The van der Waals surface area contributed by atoms with Crippen LogP contribution >= 0.6 is 34.5 Å². The van der Waals surface area contributed by atoms with Gasteiger partial charge in [0.05, 0.1) is 11.3 Å². The van der Waals surface area contributed by atoms with Gasteiger partial charge in [0.1, 0.15) is 11.1 Å². The topological polar surface area (TPSA) is 36.7 Å². The predicted molar refractivity (Wildman–Crippen MR) is 102 cm³/mol. The molecule has 0 aliphatic rings. The largest absolute Gasteiger partial charge is 0.235 e. The van der Waals surface area contributed by atoms with E-state index in [4.69, 9.17) is 23.2 Å². The fourth-order valence-corrected chi connectivity index (χ4v) is 3.41. The zero-order valence-corrected chi connectivity index (χ0v) is 15.1. The van der Waals surface area contributed by atoms with Gasteiger partial charge in [0.25, 0.3) is 0 Å². The molecule has 0 aliphatic heterocycles. The Kier molecular flexibility index (Phi) is 5.01. The van der Waals surface area contributed by atoms with Gasteiger partial charge in [0.15, 0.2) is 0 Å². The molecular weight excluding hydrogens is 359 g/mol. The first-order chi connectivity index (χ1) is 11.6. The number of nitrogens with zero attached hydrogens (tertiary/aromatic N) is 2. The standard InChI is InChI=1S/C19H12Cl2N2S/c1-12-18(14-4-8-17(21)9-5-14)23-19(24-12)15(11-22)10-13-2-6-16(20)7-3-13/h2-10H,1H3/b15-10-. The van der Waals surface area contributed by atoms with Gasteiger partial charge < -0.3 is 0 Å². The molecule has 0 fully saturated rings. The van der Waals surface area contributed by atoms with Crippen molar-refractivity contribution >= 4 is 46.2 Å². The number of aryl methyl sites for hydroxylation is 1. The molecule has 2 nitrogen and oxygen atoms in total. The molecule has 0 saturated carbocycles. The van der Waals surface area contributed by atoms with E-state index < -0.39 is 0 Å². The third-order valence-corrected chi connectivity index (χ3v) is 4.95. The van der Waals surface area contributed by atoms with Crippen LogP contribution in [-0.2, 0) is 0 Å². The molecule has 0 saturated heterocycles. The maximum atomic E-state index is 9.51. The summed E-state index contributed by atoms with van der Waals surface area (Å²) in [5.74, 6) is 0. The molecule has 3 aromatic rings. The molecule has 0 unspecified atom stereocenters. The summed E-state index contributed by atoms with van der Waals surface area (Å²) in [6.07, 6.45) is 1.82. The second-order valence-electron chi connectivity index (χ2n) is 5.15. The molecule has 0 bridgehead atoms. The number of hydrogen-bond acceptors (Lipinski definition) is 3. The van der Waals surface area contributed by atoms with Crippen LogP contribution in [0.15, 0.2) is 48.5 Å². The van der Waals surface area contributed by atoms with E-state index in [0.717, 1.165) is 21.7 Å². The second kappa shape index (κ2) is 7.19. The molecule has 0 radical (unpaired) electrons. The number of thiazole rings is 1. The smallest absolute Gasteiger partial charge is 0.134 e. The van der Waals surface area contributed by atoms with Gasteiger partial charge in [-0.25, -0.2) is 4.98 Å². The Morgan fingerprint density at radius 1 is 1.04 bits per heavy atom. The van der Waals surface area contributed by atoms with Crippen molar-refractivity contribution in [2.45, 2.75) is 6.92 Å². The molecule has 3 rings (SSSR count). The zero-order chi connectivity index (χ0) is 17.1. The van der Waals surface area contributed by atoms with Gasteiger partial charge in [-0.05, 0) is 42.8 Å². The van der Waals surface area contributed by atoms with Crippen molar-refractivity contribution in [3.05, 3.63) is 74.0 Å². The van der Waals surface area contributed by atoms with E-state index in [-0.39, 0.29) is 0 Å². The van der Waals surface area contributed by atoms with Gasteiger partial charge >= 0.3 is 0 Å². The van der Waals surface area contributed by atoms with E-state index in [9.17, 15) is 5.26 Å². The second-order valence-corrected chi connectivity index (χ2v) is 7.23. The summed E-state index contributed by atoms with van der Waals surface area (Å²) in [5, 5.41) is 11.6. The average molecular weight is 371 g/mol. The van der Waals surface area contributed by atoms with Crippen molar-refractivity contribution in [1.29, 1.82) is 5.26 Å². The van der Waals surface area contributed by atoms with Crippen LogP contribution < -0.4 is 0 Å². The number of aromatic nitrogens is 1. The molecule has 0 atom stereocenters. The van der Waals surface area contributed by atoms with E-state index in [2.05, 4.69) is 11.1 Å².